The number of pyridine rings is 1. The van der Waals surface area contributed by atoms with Crippen LogP contribution < -0.4 is 5.32 Å². The Hall–Kier alpha value is -2.88. The highest BCUT2D eigenvalue weighted by atomic mass is 35.5. The van der Waals surface area contributed by atoms with Crippen molar-refractivity contribution in [3.05, 3.63) is 63.9 Å². The number of nitrogens with zero attached hydrogens (tertiary/aromatic N) is 1. The number of alkyl halides is 6. The lowest BCUT2D eigenvalue weighted by molar-refractivity contribution is -0.143. The molecule has 1 heterocycles. The molecule has 11 heteroatoms. The predicted octanol–water partition coefficient (Wildman–Crippen LogP) is 7.01. The Labute approximate surface area is 169 Å². The van der Waals surface area contributed by atoms with Crippen molar-refractivity contribution in [1.82, 2.24) is 4.98 Å². The molecule has 30 heavy (non-hydrogen) atoms. The molecule has 0 unspecified atom stereocenters. The molecule has 0 aliphatic carbocycles. The number of carbonyl (C=O) groups is 1. The fourth-order valence-electron chi connectivity index (χ4n) is 2.72. The van der Waals surface area contributed by atoms with Crippen LogP contribution in [0.3, 0.4) is 0 Å². The Balaban J connectivity index is 2.21. The highest BCUT2D eigenvalue weighted by molar-refractivity contribution is 6.35. The Morgan fingerprint density at radius 3 is 2.03 bits per heavy atom. The highest BCUT2D eigenvalue weighted by Crippen LogP contribution is 2.38. The summed E-state index contributed by atoms with van der Waals surface area (Å²) < 4.78 is 92.4. The van der Waals surface area contributed by atoms with Gasteiger partial charge in [-0.25, -0.2) is 9.37 Å². The first kappa shape index (κ1) is 21.8. The molecule has 1 aromatic heterocycles. The summed E-state index contributed by atoms with van der Waals surface area (Å²) in [4.78, 5) is 15.9. The van der Waals surface area contributed by atoms with Crippen molar-refractivity contribution in [2.24, 2.45) is 0 Å². The topological polar surface area (TPSA) is 42.0 Å². The summed E-state index contributed by atoms with van der Waals surface area (Å²) >= 11 is 5.97. The van der Waals surface area contributed by atoms with Crippen molar-refractivity contribution in [2.75, 3.05) is 5.32 Å². The zero-order valence-electron chi connectivity index (χ0n) is 14.8. The zero-order valence-corrected chi connectivity index (χ0v) is 15.6. The Morgan fingerprint density at radius 2 is 1.53 bits per heavy atom. The van der Waals surface area contributed by atoms with Crippen LogP contribution in [0.5, 0.6) is 0 Å². The molecule has 3 aromatic rings. The third-order valence-corrected chi connectivity index (χ3v) is 4.42. The molecule has 0 radical (unpaired) electrons. The third-order valence-electron chi connectivity index (χ3n) is 4.11. The van der Waals surface area contributed by atoms with E-state index in [1.807, 2.05) is 0 Å². The average Bonchev–Trinajstić information content (AvgIpc) is 2.62. The quantitative estimate of drug-likeness (QED) is 0.345. The molecule has 0 bridgehead atoms. The lowest BCUT2D eigenvalue weighted by Gasteiger charge is -2.16. The zero-order chi connectivity index (χ0) is 22.4. The largest absolute Gasteiger partial charge is 0.416 e. The number of ketones is 1. The molecule has 158 valence electrons. The summed E-state index contributed by atoms with van der Waals surface area (Å²) in [5.74, 6) is -1.77. The number of fused-ring (bicyclic) bond motifs is 1. The first-order valence-electron chi connectivity index (χ1n) is 8.13. The normalized spacial score (nSPS) is 12.3. The van der Waals surface area contributed by atoms with Gasteiger partial charge in [0, 0.05) is 11.1 Å². The van der Waals surface area contributed by atoms with Crippen LogP contribution in [0, 0.1) is 5.82 Å². The molecular formula is C19H10ClF7N2O. The second-order valence-electron chi connectivity index (χ2n) is 6.29. The Morgan fingerprint density at radius 1 is 0.967 bits per heavy atom. The lowest BCUT2D eigenvalue weighted by Crippen LogP contribution is -2.12. The van der Waals surface area contributed by atoms with Crippen LogP contribution in [0.1, 0.15) is 28.4 Å². The number of carbonyl (C=O) groups excluding carboxylic acids is 1. The van der Waals surface area contributed by atoms with Gasteiger partial charge in [-0.2, -0.15) is 26.3 Å². The van der Waals surface area contributed by atoms with Crippen molar-refractivity contribution in [2.45, 2.75) is 19.3 Å². The Kier molecular flexibility index (Phi) is 5.40. The number of anilines is 2. The SMILES string of the molecule is CC(=O)c1cc2c(F)ccc(Cl)c2nc1Nc1cc(C(F)(F)F)cc(C(F)(F)F)c1. The smallest absolute Gasteiger partial charge is 0.340 e. The van der Waals surface area contributed by atoms with Crippen LogP contribution in [0.4, 0.5) is 42.2 Å². The van der Waals surface area contributed by atoms with Crippen LogP contribution in [0.15, 0.2) is 36.4 Å². The van der Waals surface area contributed by atoms with Crippen molar-refractivity contribution in [3.63, 3.8) is 0 Å². The first-order valence-corrected chi connectivity index (χ1v) is 8.51. The minimum absolute atomic E-state index is 0.0235. The number of rotatable bonds is 3. The van der Waals surface area contributed by atoms with Gasteiger partial charge in [0.2, 0.25) is 0 Å². The summed E-state index contributed by atoms with van der Waals surface area (Å²) in [6, 6.07) is 4.14. The van der Waals surface area contributed by atoms with E-state index in [-0.39, 0.29) is 33.4 Å². The second kappa shape index (κ2) is 7.42. The number of hydrogen-bond donors (Lipinski definition) is 1. The van der Waals surface area contributed by atoms with E-state index in [1.54, 1.807) is 0 Å². The van der Waals surface area contributed by atoms with E-state index in [0.717, 1.165) is 19.1 Å². The minimum atomic E-state index is -5.05. The monoisotopic (exact) mass is 450 g/mol. The number of hydrogen-bond acceptors (Lipinski definition) is 3. The van der Waals surface area contributed by atoms with E-state index in [0.29, 0.717) is 12.1 Å². The summed E-state index contributed by atoms with van der Waals surface area (Å²) in [7, 11) is 0. The lowest BCUT2D eigenvalue weighted by atomic mass is 10.1. The molecule has 3 rings (SSSR count). The number of Topliss-reactive ketones (excluding diaryl/α,β-unsaturated/α-hetero) is 1. The molecule has 1 N–H and O–H groups in total. The first-order chi connectivity index (χ1) is 13.8. The van der Waals surface area contributed by atoms with Gasteiger partial charge in [-0.3, -0.25) is 4.79 Å². The van der Waals surface area contributed by atoms with E-state index in [9.17, 15) is 35.5 Å². The maximum Gasteiger partial charge on any atom is 0.416 e. The molecule has 3 nitrogen and oxygen atoms in total. The van der Waals surface area contributed by atoms with Gasteiger partial charge in [0.15, 0.2) is 5.78 Å². The van der Waals surface area contributed by atoms with Crippen LogP contribution in [0.2, 0.25) is 5.02 Å². The van der Waals surface area contributed by atoms with Crippen molar-refractivity contribution >= 4 is 39.8 Å². The molecule has 2 aromatic carbocycles. The van der Waals surface area contributed by atoms with E-state index in [4.69, 9.17) is 11.6 Å². The van der Waals surface area contributed by atoms with Gasteiger partial charge < -0.3 is 5.32 Å². The van der Waals surface area contributed by atoms with E-state index in [1.165, 1.54) is 6.07 Å². The summed E-state index contributed by atoms with van der Waals surface area (Å²) in [6.07, 6.45) is -10.1. The highest BCUT2D eigenvalue weighted by Gasteiger charge is 2.37. The van der Waals surface area contributed by atoms with Crippen LogP contribution in [-0.4, -0.2) is 10.8 Å². The van der Waals surface area contributed by atoms with Crippen molar-refractivity contribution in [1.29, 1.82) is 0 Å². The number of aromatic nitrogens is 1. The van der Waals surface area contributed by atoms with E-state index >= 15 is 0 Å². The van der Waals surface area contributed by atoms with Crippen molar-refractivity contribution < 1.29 is 35.5 Å². The maximum atomic E-state index is 14.1. The Bertz CT molecular complexity index is 1120. The molecule has 0 fully saturated rings. The fraction of sp³-hybridized carbons (Fsp3) is 0.158. The third kappa shape index (κ3) is 4.33. The number of benzene rings is 2. The molecule has 0 amide bonds. The van der Waals surface area contributed by atoms with Gasteiger partial charge in [0.05, 0.1) is 27.2 Å². The van der Waals surface area contributed by atoms with Crippen LogP contribution in [0.25, 0.3) is 10.9 Å². The molecule has 0 atom stereocenters. The van der Waals surface area contributed by atoms with Gasteiger partial charge in [-0.1, -0.05) is 11.6 Å². The van der Waals surface area contributed by atoms with Gasteiger partial charge in [0.1, 0.15) is 11.6 Å². The van der Waals surface area contributed by atoms with Gasteiger partial charge in [-0.15, -0.1) is 0 Å². The van der Waals surface area contributed by atoms with Gasteiger partial charge in [-0.05, 0) is 43.3 Å². The second-order valence-corrected chi connectivity index (χ2v) is 6.69. The summed E-state index contributed by atoms with van der Waals surface area (Å²) in [6.45, 7) is 1.09. The number of halogens is 8. The van der Waals surface area contributed by atoms with E-state index in [2.05, 4.69) is 10.3 Å². The molecule has 0 aliphatic heterocycles. The van der Waals surface area contributed by atoms with Gasteiger partial charge in [0.25, 0.3) is 0 Å². The van der Waals surface area contributed by atoms with E-state index < -0.39 is 40.8 Å². The van der Waals surface area contributed by atoms with Gasteiger partial charge >= 0.3 is 12.4 Å². The molecular weight excluding hydrogens is 441 g/mol. The van der Waals surface area contributed by atoms with Crippen molar-refractivity contribution in [3.8, 4) is 0 Å². The molecule has 0 aliphatic rings. The van der Waals surface area contributed by atoms with Crippen LogP contribution in [-0.2, 0) is 12.4 Å². The summed E-state index contributed by atoms with van der Waals surface area (Å²) in [5, 5.41) is 2.15. The molecule has 0 saturated carbocycles. The minimum Gasteiger partial charge on any atom is -0.340 e. The molecule has 0 spiro atoms. The maximum absolute atomic E-state index is 14.1. The average molecular weight is 451 g/mol. The standard InChI is InChI=1S/C19H10ClF7N2O/c1-8(30)12-7-13-15(21)3-2-14(20)16(13)29-17(12)28-11-5-9(18(22,23)24)4-10(6-11)19(25,26)27/h2-7H,1H3,(H,28,29). The van der Waals surface area contributed by atoms with Crippen LogP contribution >= 0.6 is 11.6 Å². The fourth-order valence-corrected chi connectivity index (χ4v) is 2.93. The predicted molar refractivity (Wildman–Crippen MR) is 96.4 cm³/mol. The molecule has 0 saturated heterocycles. The number of nitrogens with one attached hydrogen (secondary N) is 1. The summed E-state index contributed by atoms with van der Waals surface area (Å²) in [5.41, 5.74) is -4.07.